The number of aromatic nitrogens is 2. The third-order valence-corrected chi connectivity index (χ3v) is 2.67. The Balaban J connectivity index is 2.50. The number of hydrogen-bond donors (Lipinski definition) is 1. The molecule has 0 saturated carbocycles. The number of nitrogens with two attached hydrogens (primary N) is 1. The normalized spacial score (nSPS) is 12.3. The molecule has 0 amide bonds. The highest BCUT2D eigenvalue weighted by atomic mass is 19.3. The van der Waals surface area contributed by atoms with Crippen molar-refractivity contribution in [3.05, 3.63) is 18.2 Å². The molecule has 0 fully saturated rings. The number of imidazole rings is 1. The highest BCUT2D eigenvalue weighted by molar-refractivity contribution is 5.79. The van der Waals surface area contributed by atoms with Crippen molar-refractivity contribution in [2.24, 2.45) is 0 Å². The topological polar surface area (TPSA) is 53.1 Å². The van der Waals surface area contributed by atoms with E-state index in [0.717, 1.165) is 4.57 Å². The summed E-state index contributed by atoms with van der Waals surface area (Å²) in [5, 5.41) is 0. The van der Waals surface area contributed by atoms with E-state index in [1.54, 1.807) is 6.07 Å². The third kappa shape index (κ3) is 2.42. The molecular formula is C11H11F4N3O. The minimum Gasteiger partial charge on any atom is -0.497 e. The summed E-state index contributed by atoms with van der Waals surface area (Å²) in [6.45, 7) is -1.24. The van der Waals surface area contributed by atoms with E-state index in [4.69, 9.17) is 10.5 Å². The molecule has 1 aromatic carbocycles. The van der Waals surface area contributed by atoms with Crippen LogP contribution in [0.2, 0.25) is 0 Å². The average Bonchev–Trinajstić information content (AvgIpc) is 2.64. The molecule has 2 rings (SSSR count). The zero-order valence-electron chi connectivity index (χ0n) is 9.91. The van der Waals surface area contributed by atoms with Gasteiger partial charge in [-0.3, -0.25) is 0 Å². The van der Waals surface area contributed by atoms with Crippen LogP contribution in [0.1, 0.15) is 0 Å². The van der Waals surface area contributed by atoms with Crippen molar-refractivity contribution in [1.82, 2.24) is 9.55 Å². The first-order valence-corrected chi connectivity index (χ1v) is 5.31. The number of anilines is 1. The van der Waals surface area contributed by atoms with E-state index < -0.39 is 18.9 Å². The maximum atomic E-state index is 13.1. The third-order valence-electron chi connectivity index (χ3n) is 2.67. The zero-order chi connectivity index (χ0) is 14.2. The molecule has 1 aromatic heterocycles. The minimum atomic E-state index is -4.18. The van der Waals surface area contributed by atoms with Crippen LogP contribution in [0.3, 0.4) is 0 Å². The van der Waals surface area contributed by atoms with Gasteiger partial charge in [0.25, 0.3) is 0 Å². The molecule has 0 atom stereocenters. The fraction of sp³-hybridized carbons (Fsp3) is 0.364. The fourth-order valence-corrected chi connectivity index (χ4v) is 1.69. The van der Waals surface area contributed by atoms with Gasteiger partial charge >= 0.3 is 12.3 Å². The number of nitrogens with zero attached hydrogens (tertiary/aromatic N) is 2. The van der Waals surface area contributed by atoms with Crippen molar-refractivity contribution < 1.29 is 22.3 Å². The number of nitrogen functional groups attached to an aromatic ring is 1. The van der Waals surface area contributed by atoms with Crippen LogP contribution in [0.5, 0.6) is 5.75 Å². The van der Waals surface area contributed by atoms with E-state index >= 15 is 0 Å². The molecule has 4 nitrogen and oxygen atoms in total. The van der Waals surface area contributed by atoms with Crippen molar-refractivity contribution in [3.8, 4) is 5.75 Å². The molecule has 0 saturated heterocycles. The Bertz CT molecular complexity index is 597. The maximum Gasteiger partial charge on any atom is 0.324 e. The van der Waals surface area contributed by atoms with Crippen molar-refractivity contribution in [2.45, 2.75) is 18.9 Å². The van der Waals surface area contributed by atoms with Crippen LogP contribution in [0, 0.1) is 0 Å². The molecule has 0 aliphatic heterocycles. The zero-order valence-corrected chi connectivity index (χ0v) is 9.91. The van der Waals surface area contributed by atoms with E-state index in [0.29, 0.717) is 11.3 Å². The maximum absolute atomic E-state index is 13.1. The van der Waals surface area contributed by atoms with Crippen LogP contribution in [-0.2, 0) is 6.54 Å². The quantitative estimate of drug-likeness (QED) is 0.874. The SMILES string of the molecule is COc1ccc2nc(N)n(CC(F)(F)C(F)F)c2c1. The number of fused-ring (bicyclic) bond motifs is 1. The lowest BCUT2D eigenvalue weighted by atomic mass is 10.3. The van der Waals surface area contributed by atoms with Gasteiger partial charge in [-0.25, -0.2) is 13.8 Å². The summed E-state index contributed by atoms with van der Waals surface area (Å²) in [6.07, 6.45) is -3.77. The van der Waals surface area contributed by atoms with E-state index in [-0.39, 0.29) is 11.5 Å². The smallest absolute Gasteiger partial charge is 0.324 e. The van der Waals surface area contributed by atoms with Gasteiger partial charge in [0.2, 0.25) is 5.95 Å². The first-order valence-electron chi connectivity index (χ1n) is 5.31. The first-order chi connectivity index (χ1) is 8.85. The van der Waals surface area contributed by atoms with Crippen LogP contribution >= 0.6 is 0 Å². The summed E-state index contributed by atoms with van der Waals surface area (Å²) < 4.78 is 56.5. The number of halogens is 4. The minimum absolute atomic E-state index is 0.220. The molecule has 0 bridgehead atoms. The van der Waals surface area contributed by atoms with Crippen molar-refractivity contribution in [1.29, 1.82) is 0 Å². The van der Waals surface area contributed by atoms with Crippen molar-refractivity contribution in [2.75, 3.05) is 12.8 Å². The van der Waals surface area contributed by atoms with Gasteiger partial charge in [-0.15, -0.1) is 0 Å². The lowest BCUT2D eigenvalue weighted by molar-refractivity contribution is -0.136. The van der Waals surface area contributed by atoms with Crippen LogP contribution in [0.25, 0.3) is 11.0 Å². The highest BCUT2D eigenvalue weighted by Gasteiger charge is 2.41. The molecule has 0 radical (unpaired) electrons. The lowest BCUT2D eigenvalue weighted by Crippen LogP contribution is -2.32. The van der Waals surface area contributed by atoms with Crippen molar-refractivity contribution in [3.63, 3.8) is 0 Å². The molecule has 19 heavy (non-hydrogen) atoms. The second-order valence-electron chi connectivity index (χ2n) is 3.97. The first kappa shape index (κ1) is 13.4. The Labute approximate surface area is 105 Å². The molecule has 8 heteroatoms. The Morgan fingerprint density at radius 2 is 2.11 bits per heavy atom. The molecule has 104 valence electrons. The standard InChI is InChI=1S/C11H11F4N3O/c1-19-6-2-3-7-8(4-6)18(10(16)17-7)5-11(14,15)9(12)13/h2-4,9H,5H2,1H3,(H2,16,17). The molecule has 2 aromatic rings. The molecule has 0 spiro atoms. The Morgan fingerprint density at radius 1 is 1.42 bits per heavy atom. The predicted octanol–water partition coefficient (Wildman–Crippen LogP) is 2.53. The molecule has 0 unspecified atom stereocenters. The molecule has 0 aliphatic rings. The second-order valence-corrected chi connectivity index (χ2v) is 3.97. The van der Waals surface area contributed by atoms with Crippen molar-refractivity contribution >= 4 is 17.0 Å². The van der Waals surface area contributed by atoms with Gasteiger partial charge in [0.15, 0.2) is 0 Å². The summed E-state index contributed by atoms with van der Waals surface area (Å²) in [5.74, 6) is -4.03. The second kappa shape index (κ2) is 4.60. The van der Waals surface area contributed by atoms with Gasteiger partial charge in [0.05, 0.1) is 24.7 Å². The average molecular weight is 277 g/mol. The number of rotatable bonds is 4. The molecular weight excluding hydrogens is 266 g/mol. The number of benzene rings is 1. The molecule has 1 heterocycles. The number of ether oxygens (including phenoxy) is 1. The van der Waals surface area contributed by atoms with Gasteiger partial charge in [0, 0.05) is 6.07 Å². The molecule has 2 N–H and O–H groups in total. The van der Waals surface area contributed by atoms with Gasteiger partial charge in [0.1, 0.15) is 5.75 Å². The summed E-state index contributed by atoms with van der Waals surface area (Å²) in [7, 11) is 1.40. The summed E-state index contributed by atoms with van der Waals surface area (Å²) in [6, 6.07) is 4.51. The van der Waals surface area contributed by atoms with Crippen LogP contribution in [-0.4, -0.2) is 29.0 Å². The Morgan fingerprint density at radius 3 is 2.68 bits per heavy atom. The molecule has 0 aliphatic carbocycles. The van der Waals surface area contributed by atoms with Crippen LogP contribution < -0.4 is 10.5 Å². The van der Waals surface area contributed by atoms with E-state index in [1.165, 1.54) is 19.2 Å². The number of methoxy groups -OCH3 is 1. The van der Waals surface area contributed by atoms with Gasteiger partial charge in [-0.05, 0) is 12.1 Å². The predicted molar refractivity (Wildman–Crippen MR) is 61.6 cm³/mol. The largest absolute Gasteiger partial charge is 0.497 e. The Kier molecular flexibility index (Phi) is 3.25. The monoisotopic (exact) mass is 277 g/mol. The van der Waals surface area contributed by atoms with Crippen LogP contribution in [0.15, 0.2) is 18.2 Å². The Hall–Kier alpha value is -1.99. The summed E-state index contributed by atoms with van der Waals surface area (Å²) in [5.41, 5.74) is 6.04. The number of hydrogen-bond acceptors (Lipinski definition) is 3. The fourth-order valence-electron chi connectivity index (χ4n) is 1.69. The van der Waals surface area contributed by atoms with Gasteiger partial charge < -0.3 is 15.0 Å². The van der Waals surface area contributed by atoms with Gasteiger partial charge in [-0.2, -0.15) is 8.78 Å². The van der Waals surface area contributed by atoms with E-state index in [2.05, 4.69) is 4.98 Å². The van der Waals surface area contributed by atoms with Gasteiger partial charge in [-0.1, -0.05) is 0 Å². The number of alkyl halides is 4. The van der Waals surface area contributed by atoms with Crippen LogP contribution in [0.4, 0.5) is 23.5 Å². The van der Waals surface area contributed by atoms with E-state index in [9.17, 15) is 17.6 Å². The summed E-state index contributed by atoms with van der Waals surface area (Å²) in [4.78, 5) is 3.84. The highest BCUT2D eigenvalue weighted by Crippen LogP contribution is 2.29. The lowest BCUT2D eigenvalue weighted by Gasteiger charge is -2.17. The van der Waals surface area contributed by atoms with E-state index in [1.807, 2.05) is 0 Å². The summed E-state index contributed by atoms with van der Waals surface area (Å²) >= 11 is 0.